The van der Waals surface area contributed by atoms with Crippen molar-refractivity contribution < 1.29 is 36.4 Å². The Morgan fingerprint density at radius 1 is 0.875 bits per heavy atom. The summed E-state index contributed by atoms with van der Waals surface area (Å²) in [7, 11) is 0. The first-order chi connectivity index (χ1) is 7.31. The Bertz CT molecular complexity index is 333. The molecule has 0 N–H and O–H groups in total. The van der Waals surface area contributed by atoms with Crippen LogP contribution in [0.25, 0.3) is 0 Å². The second kappa shape index (κ2) is 7.14. The van der Waals surface area contributed by atoms with Crippen molar-refractivity contribution in [2.24, 2.45) is 0 Å². The average Bonchev–Trinajstić information content (AvgIpc) is 1.97. The molecule has 0 unspecified atom stereocenters. The van der Waals surface area contributed by atoms with Gasteiger partial charge in [-0.05, 0) is 0 Å². The van der Waals surface area contributed by atoms with Crippen LogP contribution in [0.3, 0.4) is 0 Å². The molecule has 0 fully saturated rings. The van der Waals surface area contributed by atoms with Crippen LogP contribution in [-0.2, 0) is 36.4 Å². The molecule has 0 rings (SSSR count). The number of hydrogen-bond acceptors (Lipinski definition) is 5. The van der Waals surface area contributed by atoms with Crippen molar-refractivity contribution in [3.63, 3.8) is 0 Å². The van der Waals surface area contributed by atoms with E-state index in [0.29, 0.717) is 0 Å². The number of ketones is 2. The van der Waals surface area contributed by atoms with E-state index in [2.05, 4.69) is 0 Å². The van der Waals surface area contributed by atoms with Crippen LogP contribution in [0.4, 0.5) is 0 Å². The van der Waals surface area contributed by atoms with Gasteiger partial charge in [-0.2, -0.15) is 0 Å². The molecule has 0 atom stereocenters. The van der Waals surface area contributed by atoms with Crippen LogP contribution in [0.5, 0.6) is 0 Å². The van der Waals surface area contributed by atoms with Crippen LogP contribution in [0.1, 0.15) is 27.7 Å². The molecule has 5 nitrogen and oxygen atoms in total. The van der Waals surface area contributed by atoms with Gasteiger partial charge in [-0.25, -0.2) is 0 Å². The van der Waals surface area contributed by atoms with E-state index < -0.39 is 15.8 Å². The SMILES string of the molecule is CC(=O)/C=C(/C)[O][V](=[O])[O]/C(C)=C\C(C)=O. The Hall–Kier alpha value is -1.20. The standard InChI is InChI=1S/2C5H8O2.O.V/c2*1-4(6)3-5(2)7;;/h2*3,6H,1-2H3;;/q;;;+2/p-2/b2*4-3-;;. The van der Waals surface area contributed by atoms with Gasteiger partial charge in [0.05, 0.1) is 0 Å². The van der Waals surface area contributed by atoms with Crippen LogP contribution >= 0.6 is 0 Å². The molecule has 0 aliphatic rings. The van der Waals surface area contributed by atoms with Crippen molar-refractivity contribution in [3.05, 3.63) is 23.7 Å². The summed E-state index contributed by atoms with van der Waals surface area (Å²) in [6.45, 7) is 5.73. The molecule has 0 aliphatic heterocycles. The molecule has 0 bridgehead atoms. The van der Waals surface area contributed by atoms with Gasteiger partial charge in [0.2, 0.25) is 0 Å². The van der Waals surface area contributed by atoms with Crippen LogP contribution in [0.15, 0.2) is 23.7 Å². The van der Waals surface area contributed by atoms with Crippen LogP contribution in [0.2, 0.25) is 0 Å². The first-order valence-electron chi connectivity index (χ1n) is 4.52. The molecule has 16 heavy (non-hydrogen) atoms. The number of allylic oxidation sites excluding steroid dienone is 4. The minimum atomic E-state index is -3.19. The van der Waals surface area contributed by atoms with Gasteiger partial charge in [-0.3, -0.25) is 0 Å². The molecule has 0 aromatic rings. The molecule has 0 amide bonds. The number of hydrogen-bond donors (Lipinski definition) is 0. The summed E-state index contributed by atoms with van der Waals surface area (Å²) in [5, 5.41) is 0. The van der Waals surface area contributed by atoms with Gasteiger partial charge in [-0.1, -0.05) is 0 Å². The van der Waals surface area contributed by atoms with Crippen molar-refractivity contribution in [3.8, 4) is 0 Å². The van der Waals surface area contributed by atoms with Crippen LogP contribution in [-0.4, -0.2) is 11.6 Å². The van der Waals surface area contributed by atoms with E-state index in [1.54, 1.807) is 0 Å². The molecule has 0 heterocycles. The summed E-state index contributed by atoms with van der Waals surface area (Å²) in [4.78, 5) is 21.3. The van der Waals surface area contributed by atoms with Crippen LogP contribution < -0.4 is 0 Å². The molecule has 0 saturated heterocycles. The summed E-state index contributed by atoms with van der Waals surface area (Å²) in [6.07, 6.45) is 2.43. The van der Waals surface area contributed by atoms with Crippen molar-refractivity contribution in [1.29, 1.82) is 0 Å². The molecule has 6 heteroatoms. The summed E-state index contributed by atoms with van der Waals surface area (Å²) in [5.41, 5.74) is 0. The van der Waals surface area contributed by atoms with E-state index >= 15 is 0 Å². The molecule has 0 aliphatic carbocycles. The average molecular weight is 265 g/mol. The molecular weight excluding hydrogens is 251 g/mol. The van der Waals surface area contributed by atoms with E-state index in [4.69, 9.17) is 7.32 Å². The van der Waals surface area contributed by atoms with Crippen LogP contribution in [0, 0.1) is 0 Å². The summed E-state index contributed by atoms with van der Waals surface area (Å²) in [5.74, 6) is 0.0723. The number of rotatable bonds is 6. The first kappa shape index (κ1) is 14.8. The monoisotopic (exact) mass is 265 g/mol. The number of carbonyl (C=O) groups is 2. The third-order valence-corrected chi connectivity index (χ3v) is 2.62. The van der Waals surface area contributed by atoms with Gasteiger partial charge in [0, 0.05) is 0 Å². The van der Waals surface area contributed by atoms with Gasteiger partial charge in [0.1, 0.15) is 0 Å². The quantitative estimate of drug-likeness (QED) is 0.541. The minimum absolute atomic E-state index is 0.198. The predicted octanol–water partition coefficient (Wildman–Crippen LogP) is 1.80. The van der Waals surface area contributed by atoms with E-state index in [-0.39, 0.29) is 23.1 Å². The van der Waals surface area contributed by atoms with E-state index in [1.165, 1.54) is 39.8 Å². The summed E-state index contributed by atoms with van der Waals surface area (Å²) >= 11 is -3.19. The van der Waals surface area contributed by atoms with Gasteiger partial charge < -0.3 is 0 Å². The maximum absolute atomic E-state index is 11.3. The first-order valence-corrected chi connectivity index (χ1v) is 6.23. The van der Waals surface area contributed by atoms with Crippen molar-refractivity contribution >= 4 is 11.6 Å². The molecule has 89 valence electrons. The normalized spacial score (nSPS) is 12.0. The fraction of sp³-hybridized carbons (Fsp3) is 0.400. The van der Waals surface area contributed by atoms with Gasteiger partial charge in [-0.15, -0.1) is 0 Å². The van der Waals surface area contributed by atoms with Gasteiger partial charge >= 0.3 is 99.3 Å². The molecule has 0 aromatic carbocycles. The Labute approximate surface area is 99.6 Å². The summed E-state index contributed by atoms with van der Waals surface area (Å²) in [6, 6.07) is 0. The maximum atomic E-state index is 11.3. The zero-order valence-corrected chi connectivity index (χ0v) is 11.0. The molecule has 0 aromatic heterocycles. The topological polar surface area (TPSA) is 69.7 Å². The fourth-order valence-electron chi connectivity index (χ4n) is 0.879. The summed E-state index contributed by atoms with van der Waals surface area (Å²) < 4.78 is 21.0. The zero-order chi connectivity index (χ0) is 12.7. The van der Waals surface area contributed by atoms with E-state index in [1.807, 2.05) is 0 Å². The van der Waals surface area contributed by atoms with Crippen molar-refractivity contribution in [2.45, 2.75) is 27.7 Å². The molecule has 0 spiro atoms. The van der Waals surface area contributed by atoms with Gasteiger partial charge in [0.25, 0.3) is 0 Å². The molecule has 0 radical (unpaired) electrons. The molecule has 0 saturated carbocycles. The fourth-order valence-corrected chi connectivity index (χ4v) is 1.84. The van der Waals surface area contributed by atoms with E-state index in [0.717, 1.165) is 0 Å². The Balaban J connectivity index is 4.30. The third-order valence-electron chi connectivity index (χ3n) is 1.25. The second-order valence-electron chi connectivity index (χ2n) is 3.14. The third kappa shape index (κ3) is 8.14. The van der Waals surface area contributed by atoms with Gasteiger partial charge in [0.15, 0.2) is 0 Å². The Morgan fingerprint density at radius 3 is 1.44 bits per heavy atom. The predicted molar refractivity (Wildman–Crippen MR) is 51.7 cm³/mol. The van der Waals surface area contributed by atoms with E-state index in [9.17, 15) is 13.3 Å². The Morgan fingerprint density at radius 2 is 1.19 bits per heavy atom. The number of carbonyl (C=O) groups excluding carboxylic acids is 2. The van der Waals surface area contributed by atoms with Crippen molar-refractivity contribution in [2.75, 3.05) is 0 Å². The molecular formula is C10H14O5V. The zero-order valence-electron chi connectivity index (χ0n) is 9.64. The Kier molecular flexibility index (Phi) is 6.61. The second-order valence-corrected chi connectivity index (χ2v) is 4.41. The van der Waals surface area contributed by atoms with Crippen molar-refractivity contribution in [1.82, 2.24) is 0 Å².